The zero-order valence-corrected chi connectivity index (χ0v) is 17.8. The molecule has 1 aromatic heterocycles. The number of halogens is 1. The molecule has 4 rings (SSSR count). The fourth-order valence-corrected chi connectivity index (χ4v) is 6.79. The predicted molar refractivity (Wildman–Crippen MR) is 114 cm³/mol. The van der Waals surface area contributed by atoms with Crippen LogP contribution in [0, 0.1) is 0 Å². The minimum atomic E-state index is -4.03. The average molecular weight is 448 g/mol. The van der Waals surface area contributed by atoms with Crippen molar-refractivity contribution in [1.29, 1.82) is 0 Å². The Bertz CT molecular complexity index is 1190. The number of carbonyl (C=O) groups is 1. The van der Waals surface area contributed by atoms with Crippen LogP contribution in [0.25, 0.3) is 10.4 Å². The highest BCUT2D eigenvalue weighted by molar-refractivity contribution is 7.91. The highest BCUT2D eigenvalue weighted by atomic mass is 35.5. The van der Waals surface area contributed by atoms with Gasteiger partial charge in [0.05, 0.1) is 0 Å². The van der Waals surface area contributed by atoms with Gasteiger partial charge in [-0.3, -0.25) is 4.79 Å². The Morgan fingerprint density at radius 3 is 2.38 bits per heavy atom. The van der Waals surface area contributed by atoms with Crippen molar-refractivity contribution in [2.45, 2.75) is 28.5 Å². The highest BCUT2D eigenvalue weighted by Gasteiger charge is 2.72. The molecule has 3 aromatic rings. The van der Waals surface area contributed by atoms with Crippen LogP contribution in [0.15, 0.2) is 70.9 Å². The summed E-state index contributed by atoms with van der Waals surface area (Å²) in [6, 6.07) is 19.4. The van der Waals surface area contributed by atoms with E-state index in [-0.39, 0.29) is 10.6 Å². The molecule has 1 saturated carbocycles. The van der Waals surface area contributed by atoms with Gasteiger partial charge in [-0.15, -0.1) is 11.3 Å². The normalized spacial score (nSPS) is 23.7. The maximum Gasteiger partial charge on any atom is 0.325 e. The Balaban J connectivity index is 1.67. The van der Waals surface area contributed by atoms with Crippen molar-refractivity contribution >= 4 is 38.9 Å². The van der Waals surface area contributed by atoms with E-state index in [2.05, 4.69) is 4.72 Å². The van der Waals surface area contributed by atoms with Gasteiger partial charge in [0.2, 0.25) is 0 Å². The van der Waals surface area contributed by atoms with Gasteiger partial charge < -0.3 is 5.11 Å². The van der Waals surface area contributed by atoms with Crippen molar-refractivity contribution in [3.05, 3.63) is 77.3 Å². The molecule has 1 aliphatic rings. The first-order valence-corrected chi connectivity index (χ1v) is 11.5. The first-order valence-electron chi connectivity index (χ1n) is 8.87. The van der Waals surface area contributed by atoms with E-state index in [1.807, 2.05) is 42.5 Å². The zero-order chi connectivity index (χ0) is 20.9. The summed E-state index contributed by atoms with van der Waals surface area (Å²) >= 11 is 7.26. The fourth-order valence-electron chi connectivity index (χ4n) is 3.69. The van der Waals surface area contributed by atoms with Gasteiger partial charge in [0.25, 0.3) is 10.0 Å². The van der Waals surface area contributed by atoms with Crippen molar-refractivity contribution in [3.63, 3.8) is 0 Å². The van der Waals surface area contributed by atoms with Gasteiger partial charge in [-0.25, -0.2) is 8.42 Å². The topological polar surface area (TPSA) is 83.5 Å². The molecule has 29 heavy (non-hydrogen) atoms. The molecule has 0 saturated heterocycles. The monoisotopic (exact) mass is 447 g/mol. The van der Waals surface area contributed by atoms with Gasteiger partial charge in [-0.1, -0.05) is 67.1 Å². The van der Waals surface area contributed by atoms with Crippen molar-refractivity contribution < 1.29 is 18.3 Å². The first kappa shape index (κ1) is 20.1. The first-order chi connectivity index (χ1) is 13.7. The number of hydrogen-bond donors (Lipinski definition) is 2. The molecule has 1 fully saturated rings. The van der Waals surface area contributed by atoms with Gasteiger partial charge in [-0.05, 0) is 30.2 Å². The van der Waals surface area contributed by atoms with Crippen LogP contribution in [0.5, 0.6) is 0 Å². The van der Waals surface area contributed by atoms with E-state index >= 15 is 0 Å². The molecule has 150 valence electrons. The van der Waals surface area contributed by atoms with Crippen LogP contribution >= 0.6 is 22.9 Å². The van der Waals surface area contributed by atoms with Crippen molar-refractivity contribution in [2.24, 2.45) is 0 Å². The molecule has 2 atom stereocenters. The Labute approximate surface area is 178 Å². The summed E-state index contributed by atoms with van der Waals surface area (Å²) < 4.78 is 28.6. The number of nitrogens with one attached hydrogen (secondary N) is 1. The molecule has 8 heteroatoms. The number of carboxylic acids is 1. The lowest BCUT2D eigenvalue weighted by Gasteiger charge is -2.20. The highest BCUT2D eigenvalue weighted by Crippen LogP contribution is 2.58. The van der Waals surface area contributed by atoms with Crippen molar-refractivity contribution in [3.8, 4) is 10.4 Å². The molecule has 1 aliphatic carbocycles. The molecular formula is C21H18ClNO4S2. The van der Waals surface area contributed by atoms with E-state index in [0.717, 1.165) is 22.5 Å². The summed E-state index contributed by atoms with van der Waals surface area (Å²) in [5.41, 5.74) is -0.889. The molecule has 0 aliphatic heterocycles. The summed E-state index contributed by atoms with van der Waals surface area (Å²) in [5, 5.41) is 10.4. The number of hydrogen-bond acceptors (Lipinski definition) is 4. The Morgan fingerprint density at radius 2 is 1.72 bits per heavy atom. The molecule has 2 N–H and O–H groups in total. The Kier molecular flexibility index (Phi) is 4.82. The smallest absolute Gasteiger partial charge is 0.325 e. The molecule has 0 amide bonds. The van der Waals surface area contributed by atoms with Crippen LogP contribution in [-0.4, -0.2) is 25.0 Å². The Morgan fingerprint density at radius 1 is 1.07 bits per heavy atom. The van der Waals surface area contributed by atoms with Crippen molar-refractivity contribution in [2.75, 3.05) is 0 Å². The third-order valence-electron chi connectivity index (χ3n) is 5.51. The van der Waals surface area contributed by atoms with E-state index in [1.165, 1.54) is 6.07 Å². The molecule has 2 aromatic carbocycles. The number of sulfonamides is 1. The number of carboxylic acid groups (broad SMARTS) is 1. The van der Waals surface area contributed by atoms with E-state index in [9.17, 15) is 18.3 Å². The zero-order valence-electron chi connectivity index (χ0n) is 15.4. The standard InChI is InChI=1S/C21H18ClNO4S2/c1-20(14-7-3-2-4-8-14)13-21(20,19(24)25)23-29(26,27)18-12-11-17(28-18)15-9-5-6-10-16(15)22/h2-12,23H,13H2,1H3,(H,24,25)/t20-,21-/m1/s1. The second-order valence-corrected chi connectivity index (χ2v) is 10.7. The van der Waals surface area contributed by atoms with Crippen molar-refractivity contribution in [1.82, 2.24) is 4.72 Å². The third-order valence-corrected chi connectivity index (χ3v) is 8.94. The van der Waals surface area contributed by atoms with Crippen LogP contribution in [0.4, 0.5) is 0 Å². The minimum absolute atomic E-state index is 0.0513. The fraction of sp³-hybridized carbons (Fsp3) is 0.190. The maximum atomic E-state index is 13.0. The molecule has 0 radical (unpaired) electrons. The lowest BCUT2D eigenvalue weighted by atomic mass is 9.93. The number of rotatable bonds is 6. The number of thiophene rings is 1. The second-order valence-electron chi connectivity index (χ2n) is 7.29. The summed E-state index contributed by atoms with van der Waals surface area (Å²) in [6.07, 6.45) is 0.182. The molecule has 1 heterocycles. The molecular weight excluding hydrogens is 430 g/mol. The average Bonchev–Trinajstić information content (AvgIpc) is 3.04. The summed E-state index contributed by atoms with van der Waals surface area (Å²) in [6.45, 7) is 1.77. The molecule has 0 unspecified atom stereocenters. The van der Waals surface area contributed by atoms with Crippen LogP contribution in [0.1, 0.15) is 18.9 Å². The lowest BCUT2D eigenvalue weighted by Crippen LogP contribution is -2.47. The largest absolute Gasteiger partial charge is 0.480 e. The van der Waals surface area contributed by atoms with Crippen LogP contribution < -0.4 is 4.72 Å². The summed E-state index contributed by atoms with van der Waals surface area (Å²) in [7, 11) is -4.03. The van der Waals surface area contributed by atoms with Crippen LogP contribution in [0.3, 0.4) is 0 Å². The predicted octanol–water partition coefficient (Wildman–Crippen LogP) is 4.53. The van der Waals surface area contributed by atoms with Gasteiger partial charge in [-0.2, -0.15) is 4.72 Å². The van der Waals surface area contributed by atoms with E-state index in [0.29, 0.717) is 9.90 Å². The maximum absolute atomic E-state index is 13.0. The SMILES string of the molecule is C[C@]1(c2ccccc2)C[C@@]1(NS(=O)(=O)c1ccc(-c2ccccc2Cl)s1)C(=O)O. The molecule has 0 spiro atoms. The number of benzene rings is 2. The van der Waals surface area contributed by atoms with Gasteiger partial charge >= 0.3 is 5.97 Å². The molecule has 5 nitrogen and oxygen atoms in total. The Hall–Kier alpha value is -2.19. The van der Waals surface area contributed by atoms with E-state index in [1.54, 1.807) is 25.1 Å². The van der Waals surface area contributed by atoms with Gasteiger partial charge in [0.15, 0.2) is 0 Å². The number of aliphatic carboxylic acids is 1. The van der Waals surface area contributed by atoms with Crippen LogP contribution in [0.2, 0.25) is 5.02 Å². The quantitative estimate of drug-likeness (QED) is 0.581. The molecule has 0 bridgehead atoms. The second kappa shape index (κ2) is 6.95. The van der Waals surface area contributed by atoms with E-state index in [4.69, 9.17) is 11.6 Å². The summed E-state index contributed by atoms with van der Waals surface area (Å²) in [4.78, 5) is 12.8. The summed E-state index contributed by atoms with van der Waals surface area (Å²) in [5.74, 6) is -1.18. The minimum Gasteiger partial charge on any atom is -0.480 e. The van der Waals surface area contributed by atoms with Gasteiger partial charge in [0, 0.05) is 20.9 Å². The van der Waals surface area contributed by atoms with Crippen LogP contribution in [-0.2, 0) is 20.2 Å². The van der Waals surface area contributed by atoms with E-state index < -0.39 is 26.9 Å². The third kappa shape index (κ3) is 3.28. The lowest BCUT2D eigenvalue weighted by molar-refractivity contribution is -0.140. The van der Waals surface area contributed by atoms with Gasteiger partial charge in [0.1, 0.15) is 9.75 Å².